The zero-order chi connectivity index (χ0) is 11.6. The molecule has 1 heteroatoms. The summed E-state index contributed by atoms with van der Waals surface area (Å²) in [5.41, 5.74) is 2.76. The summed E-state index contributed by atoms with van der Waals surface area (Å²) >= 11 is 0. The van der Waals surface area contributed by atoms with Gasteiger partial charge < -0.3 is 4.74 Å². The van der Waals surface area contributed by atoms with E-state index < -0.39 is 0 Å². The molecule has 1 aliphatic carbocycles. The summed E-state index contributed by atoms with van der Waals surface area (Å²) < 4.78 is 5.84. The molecule has 0 saturated heterocycles. The number of allylic oxidation sites excluding steroid dienone is 3. The van der Waals surface area contributed by atoms with Gasteiger partial charge in [-0.15, -0.1) is 0 Å². The topological polar surface area (TPSA) is 9.23 Å². The average molecular weight is 208 g/mol. The minimum atomic E-state index is 0.245. The number of rotatable bonds is 3. The van der Waals surface area contributed by atoms with Gasteiger partial charge in [0.05, 0.1) is 12.4 Å². The number of hydrogen-bond acceptors (Lipinski definition) is 1. The van der Waals surface area contributed by atoms with E-state index in [1.807, 2.05) is 0 Å². The van der Waals surface area contributed by atoms with Crippen molar-refractivity contribution in [3.05, 3.63) is 23.5 Å². The lowest BCUT2D eigenvalue weighted by Gasteiger charge is -2.34. The summed E-state index contributed by atoms with van der Waals surface area (Å²) in [6.45, 7) is 16.0. The summed E-state index contributed by atoms with van der Waals surface area (Å²) in [6.07, 6.45) is 2.21. The van der Waals surface area contributed by atoms with Crippen LogP contribution in [0.1, 0.15) is 47.5 Å². The third-order valence-electron chi connectivity index (χ3n) is 3.26. The normalized spacial score (nSPS) is 21.1. The zero-order valence-electron chi connectivity index (χ0n) is 10.8. The molecule has 0 N–H and O–H groups in total. The molecule has 1 nitrogen and oxygen atoms in total. The van der Waals surface area contributed by atoms with E-state index in [2.05, 4.69) is 41.2 Å². The van der Waals surface area contributed by atoms with Crippen molar-refractivity contribution in [2.45, 2.75) is 47.5 Å². The fourth-order valence-corrected chi connectivity index (χ4v) is 1.89. The summed E-state index contributed by atoms with van der Waals surface area (Å²) in [6, 6.07) is 0. The first-order valence-electron chi connectivity index (χ1n) is 5.87. The lowest BCUT2D eigenvalue weighted by molar-refractivity contribution is 0.155. The van der Waals surface area contributed by atoms with Crippen LogP contribution in [0.15, 0.2) is 23.5 Å². The molecule has 1 rings (SSSR count). The van der Waals surface area contributed by atoms with Crippen molar-refractivity contribution in [2.75, 3.05) is 6.61 Å². The van der Waals surface area contributed by atoms with Crippen molar-refractivity contribution in [3.8, 4) is 0 Å². The van der Waals surface area contributed by atoms with E-state index in [9.17, 15) is 0 Å². The van der Waals surface area contributed by atoms with E-state index >= 15 is 0 Å². The summed E-state index contributed by atoms with van der Waals surface area (Å²) in [5.74, 6) is 1.75. The maximum Gasteiger partial charge on any atom is 0.0991 e. The Labute approximate surface area is 94.2 Å². The van der Waals surface area contributed by atoms with Crippen LogP contribution in [0.4, 0.5) is 0 Å². The second-order valence-electron chi connectivity index (χ2n) is 5.62. The third kappa shape index (κ3) is 2.87. The fourth-order valence-electron chi connectivity index (χ4n) is 1.89. The molecule has 0 atom stereocenters. The molecule has 0 fully saturated rings. The largest absolute Gasteiger partial charge is 0.497 e. The predicted octanol–water partition coefficient (Wildman–Crippen LogP) is 4.31. The summed E-state index contributed by atoms with van der Waals surface area (Å²) in [4.78, 5) is 0. The number of ether oxygens (including phenoxy) is 1. The lowest BCUT2D eigenvalue weighted by atomic mass is 9.73. The molecule has 0 saturated carbocycles. The van der Waals surface area contributed by atoms with Crippen LogP contribution < -0.4 is 0 Å². The molecule has 0 bridgehead atoms. The van der Waals surface area contributed by atoms with Crippen LogP contribution >= 0.6 is 0 Å². The Kier molecular flexibility index (Phi) is 3.64. The molecule has 0 spiro atoms. The van der Waals surface area contributed by atoms with E-state index in [0.29, 0.717) is 5.92 Å². The fraction of sp³-hybridized carbons (Fsp3) is 0.714. The zero-order valence-corrected chi connectivity index (χ0v) is 10.8. The van der Waals surface area contributed by atoms with Gasteiger partial charge in [0.15, 0.2) is 0 Å². The van der Waals surface area contributed by atoms with Gasteiger partial charge in [0.2, 0.25) is 0 Å². The van der Waals surface area contributed by atoms with Crippen LogP contribution in [0.3, 0.4) is 0 Å². The van der Waals surface area contributed by atoms with Gasteiger partial charge >= 0.3 is 0 Å². The Bertz CT molecular complexity index is 282. The molecular formula is C14H24O. The average Bonchev–Trinajstić information content (AvgIpc) is 2.13. The molecule has 0 unspecified atom stereocenters. The van der Waals surface area contributed by atoms with E-state index in [1.54, 1.807) is 0 Å². The Morgan fingerprint density at radius 2 is 2.00 bits per heavy atom. The van der Waals surface area contributed by atoms with Crippen molar-refractivity contribution < 1.29 is 4.74 Å². The van der Waals surface area contributed by atoms with E-state index in [4.69, 9.17) is 4.74 Å². The van der Waals surface area contributed by atoms with Crippen LogP contribution in [-0.4, -0.2) is 6.61 Å². The molecule has 1 aliphatic rings. The molecule has 0 aromatic heterocycles. The molecule has 0 heterocycles. The van der Waals surface area contributed by atoms with Gasteiger partial charge in [-0.3, -0.25) is 0 Å². The number of hydrogen-bond donors (Lipinski definition) is 0. The van der Waals surface area contributed by atoms with E-state index in [1.165, 1.54) is 11.1 Å². The van der Waals surface area contributed by atoms with Gasteiger partial charge in [-0.2, -0.15) is 0 Å². The highest BCUT2D eigenvalue weighted by Crippen LogP contribution is 2.42. The summed E-state index contributed by atoms with van der Waals surface area (Å²) in [7, 11) is 0. The Hall–Kier alpha value is -0.720. The van der Waals surface area contributed by atoms with Crippen LogP contribution in [0.25, 0.3) is 0 Å². The molecule has 15 heavy (non-hydrogen) atoms. The van der Waals surface area contributed by atoms with E-state index in [-0.39, 0.29) is 5.41 Å². The first kappa shape index (κ1) is 12.4. The molecule has 0 aromatic rings. The smallest absolute Gasteiger partial charge is 0.0991 e. The summed E-state index contributed by atoms with van der Waals surface area (Å²) in [5, 5.41) is 0. The highest BCUT2D eigenvalue weighted by molar-refractivity contribution is 5.36. The molecular weight excluding hydrogens is 184 g/mol. The van der Waals surface area contributed by atoms with Crippen molar-refractivity contribution >= 4 is 0 Å². The maximum atomic E-state index is 5.84. The van der Waals surface area contributed by atoms with Gasteiger partial charge in [-0.25, -0.2) is 0 Å². The molecule has 0 radical (unpaired) electrons. The van der Waals surface area contributed by atoms with Crippen molar-refractivity contribution in [3.63, 3.8) is 0 Å². The second-order valence-corrected chi connectivity index (χ2v) is 5.62. The van der Waals surface area contributed by atoms with Crippen LogP contribution in [-0.2, 0) is 4.74 Å². The molecule has 0 aromatic carbocycles. The second kappa shape index (κ2) is 4.42. The first-order chi connectivity index (χ1) is 6.84. The predicted molar refractivity (Wildman–Crippen MR) is 65.6 cm³/mol. The monoisotopic (exact) mass is 208 g/mol. The molecule has 0 amide bonds. The standard InChI is InChI=1S/C14H24O/c1-10(2)9-15-13-7-8-14(5,6)12(4)11(13)3/h10H,4,7-9H2,1-3,5-6H3. The third-order valence-corrected chi connectivity index (χ3v) is 3.26. The Morgan fingerprint density at radius 1 is 1.40 bits per heavy atom. The Balaban J connectivity index is 2.74. The van der Waals surface area contributed by atoms with Gasteiger partial charge in [-0.05, 0) is 35.8 Å². The van der Waals surface area contributed by atoms with Crippen molar-refractivity contribution in [2.24, 2.45) is 11.3 Å². The van der Waals surface area contributed by atoms with E-state index in [0.717, 1.165) is 25.2 Å². The highest BCUT2D eigenvalue weighted by Gasteiger charge is 2.29. The maximum absolute atomic E-state index is 5.84. The van der Waals surface area contributed by atoms with Crippen LogP contribution in [0.2, 0.25) is 0 Å². The van der Waals surface area contributed by atoms with Crippen LogP contribution in [0, 0.1) is 11.3 Å². The lowest BCUT2D eigenvalue weighted by Crippen LogP contribution is -2.21. The van der Waals surface area contributed by atoms with Gasteiger partial charge in [0, 0.05) is 6.42 Å². The van der Waals surface area contributed by atoms with Gasteiger partial charge in [0.1, 0.15) is 0 Å². The molecule has 86 valence electrons. The highest BCUT2D eigenvalue weighted by atomic mass is 16.5. The van der Waals surface area contributed by atoms with Crippen molar-refractivity contribution in [1.29, 1.82) is 0 Å². The van der Waals surface area contributed by atoms with Gasteiger partial charge in [-0.1, -0.05) is 34.3 Å². The quantitative estimate of drug-likeness (QED) is 0.671. The first-order valence-corrected chi connectivity index (χ1v) is 5.87. The Morgan fingerprint density at radius 3 is 2.53 bits per heavy atom. The van der Waals surface area contributed by atoms with Crippen molar-refractivity contribution in [1.82, 2.24) is 0 Å². The van der Waals surface area contributed by atoms with Crippen LogP contribution in [0.5, 0.6) is 0 Å². The SMILES string of the molecule is C=C1C(C)=C(OCC(C)C)CCC1(C)C. The minimum absolute atomic E-state index is 0.245. The van der Waals surface area contributed by atoms with Gasteiger partial charge in [0.25, 0.3) is 0 Å². The molecule has 0 aliphatic heterocycles. The minimum Gasteiger partial charge on any atom is -0.497 e.